The van der Waals surface area contributed by atoms with E-state index in [4.69, 9.17) is 0 Å². The zero-order valence-corrected chi connectivity index (χ0v) is 12.4. The number of aryl methyl sites for hydroxylation is 2. The van der Waals surface area contributed by atoms with Gasteiger partial charge in [0.25, 0.3) is 0 Å². The van der Waals surface area contributed by atoms with Crippen LogP contribution < -0.4 is 5.32 Å². The van der Waals surface area contributed by atoms with Gasteiger partial charge in [-0.15, -0.1) is 0 Å². The first-order valence-corrected chi connectivity index (χ1v) is 7.62. The van der Waals surface area contributed by atoms with E-state index in [-0.39, 0.29) is 0 Å². The van der Waals surface area contributed by atoms with Gasteiger partial charge in [-0.1, -0.05) is 48.5 Å². The highest BCUT2D eigenvalue weighted by molar-refractivity contribution is 5.44. The van der Waals surface area contributed by atoms with Crippen molar-refractivity contribution in [2.24, 2.45) is 0 Å². The molecule has 0 aromatic heterocycles. The van der Waals surface area contributed by atoms with Crippen molar-refractivity contribution < 1.29 is 0 Å². The van der Waals surface area contributed by atoms with Crippen molar-refractivity contribution in [2.45, 2.75) is 38.1 Å². The SMILES string of the molecule is CNC(C)CC1c2ccccc2CCc2ccccc21. The lowest BCUT2D eigenvalue weighted by Crippen LogP contribution is -2.24. The van der Waals surface area contributed by atoms with Gasteiger partial charge in [0, 0.05) is 12.0 Å². The molecule has 2 aromatic carbocycles. The lowest BCUT2D eigenvalue weighted by molar-refractivity contribution is 0.529. The minimum absolute atomic E-state index is 0.521. The van der Waals surface area contributed by atoms with Crippen molar-refractivity contribution >= 4 is 0 Å². The summed E-state index contributed by atoms with van der Waals surface area (Å²) in [6.45, 7) is 2.27. The molecule has 0 spiro atoms. The molecule has 1 heteroatoms. The van der Waals surface area contributed by atoms with Crippen LogP contribution in [0, 0.1) is 0 Å². The molecule has 3 rings (SSSR count). The largest absolute Gasteiger partial charge is 0.317 e. The second-order valence-corrected chi connectivity index (χ2v) is 5.88. The first-order chi connectivity index (χ1) is 9.79. The summed E-state index contributed by atoms with van der Waals surface area (Å²) in [4.78, 5) is 0. The Morgan fingerprint density at radius 3 is 1.95 bits per heavy atom. The van der Waals surface area contributed by atoms with E-state index in [1.807, 2.05) is 0 Å². The Bertz CT molecular complexity index is 540. The fourth-order valence-electron chi connectivity index (χ4n) is 3.37. The summed E-state index contributed by atoms with van der Waals surface area (Å²) in [6.07, 6.45) is 3.49. The molecule has 20 heavy (non-hydrogen) atoms. The molecule has 1 nitrogen and oxygen atoms in total. The van der Waals surface area contributed by atoms with Gasteiger partial charge >= 0.3 is 0 Å². The second kappa shape index (κ2) is 5.80. The Morgan fingerprint density at radius 2 is 1.45 bits per heavy atom. The third kappa shape index (κ3) is 2.51. The number of nitrogens with one attached hydrogen (secondary N) is 1. The van der Waals surface area contributed by atoms with Gasteiger partial charge in [0.2, 0.25) is 0 Å². The molecule has 1 aliphatic carbocycles. The molecule has 1 unspecified atom stereocenters. The molecule has 0 aliphatic heterocycles. The highest BCUT2D eigenvalue weighted by atomic mass is 14.8. The first kappa shape index (κ1) is 13.4. The molecular weight excluding hydrogens is 242 g/mol. The Kier molecular flexibility index (Phi) is 3.88. The summed E-state index contributed by atoms with van der Waals surface area (Å²) >= 11 is 0. The Hall–Kier alpha value is -1.60. The molecule has 104 valence electrons. The van der Waals surface area contributed by atoms with Crippen molar-refractivity contribution in [1.29, 1.82) is 0 Å². The first-order valence-electron chi connectivity index (χ1n) is 7.62. The van der Waals surface area contributed by atoms with Gasteiger partial charge in [0.05, 0.1) is 0 Å². The molecule has 0 saturated heterocycles. The summed E-state index contributed by atoms with van der Waals surface area (Å²) in [5.41, 5.74) is 6.10. The van der Waals surface area contributed by atoms with E-state index >= 15 is 0 Å². The van der Waals surface area contributed by atoms with Crippen molar-refractivity contribution in [3.8, 4) is 0 Å². The van der Waals surface area contributed by atoms with Gasteiger partial charge in [-0.3, -0.25) is 0 Å². The van der Waals surface area contributed by atoms with Crippen LogP contribution in [0.2, 0.25) is 0 Å². The van der Waals surface area contributed by atoms with Crippen LogP contribution in [-0.2, 0) is 12.8 Å². The lowest BCUT2D eigenvalue weighted by atomic mass is 9.84. The molecular formula is C19H23N. The van der Waals surface area contributed by atoms with Gasteiger partial charge in [0.1, 0.15) is 0 Å². The van der Waals surface area contributed by atoms with Gasteiger partial charge in [-0.25, -0.2) is 0 Å². The van der Waals surface area contributed by atoms with Crippen LogP contribution in [0.25, 0.3) is 0 Å². The molecule has 1 N–H and O–H groups in total. The van der Waals surface area contributed by atoms with E-state index in [1.165, 1.54) is 22.3 Å². The lowest BCUT2D eigenvalue weighted by Gasteiger charge is -2.23. The molecule has 1 atom stereocenters. The predicted octanol–water partition coefficient (Wildman–Crippen LogP) is 3.92. The number of hydrogen-bond donors (Lipinski definition) is 1. The van der Waals surface area contributed by atoms with Crippen molar-refractivity contribution in [3.05, 3.63) is 70.8 Å². The topological polar surface area (TPSA) is 12.0 Å². The monoisotopic (exact) mass is 265 g/mol. The summed E-state index contributed by atoms with van der Waals surface area (Å²) in [6, 6.07) is 18.5. The van der Waals surface area contributed by atoms with Crippen LogP contribution in [0.1, 0.15) is 41.5 Å². The average molecular weight is 265 g/mol. The zero-order valence-electron chi connectivity index (χ0n) is 12.4. The van der Waals surface area contributed by atoms with Crippen LogP contribution in [-0.4, -0.2) is 13.1 Å². The van der Waals surface area contributed by atoms with Crippen LogP contribution in [0.15, 0.2) is 48.5 Å². The number of fused-ring (bicyclic) bond motifs is 2. The van der Waals surface area contributed by atoms with E-state index in [0.29, 0.717) is 12.0 Å². The summed E-state index contributed by atoms with van der Waals surface area (Å²) in [5.74, 6) is 0.521. The van der Waals surface area contributed by atoms with E-state index in [2.05, 4.69) is 67.8 Å². The minimum Gasteiger partial charge on any atom is -0.317 e. The van der Waals surface area contributed by atoms with Crippen LogP contribution in [0.5, 0.6) is 0 Å². The number of benzene rings is 2. The quantitative estimate of drug-likeness (QED) is 0.887. The van der Waals surface area contributed by atoms with Crippen molar-refractivity contribution in [3.63, 3.8) is 0 Å². The summed E-state index contributed by atoms with van der Waals surface area (Å²) < 4.78 is 0. The normalized spacial score (nSPS) is 16.1. The van der Waals surface area contributed by atoms with Crippen LogP contribution in [0.3, 0.4) is 0 Å². The molecule has 1 aliphatic rings. The standard InChI is InChI=1S/C19H23N/c1-14(20-2)13-19-17-9-5-3-7-15(17)11-12-16-8-4-6-10-18(16)19/h3-10,14,19-20H,11-13H2,1-2H3. The maximum atomic E-state index is 3.39. The van der Waals surface area contributed by atoms with E-state index in [1.54, 1.807) is 0 Å². The Balaban J connectivity index is 2.09. The third-order valence-electron chi connectivity index (χ3n) is 4.61. The van der Waals surface area contributed by atoms with Crippen molar-refractivity contribution in [1.82, 2.24) is 5.32 Å². The van der Waals surface area contributed by atoms with Crippen LogP contribution >= 0.6 is 0 Å². The van der Waals surface area contributed by atoms with Gasteiger partial charge < -0.3 is 5.32 Å². The van der Waals surface area contributed by atoms with Crippen LogP contribution in [0.4, 0.5) is 0 Å². The number of hydrogen-bond acceptors (Lipinski definition) is 1. The van der Waals surface area contributed by atoms with E-state index in [0.717, 1.165) is 19.3 Å². The molecule has 2 aromatic rings. The smallest absolute Gasteiger partial charge is 0.0109 e. The fraction of sp³-hybridized carbons (Fsp3) is 0.368. The van der Waals surface area contributed by atoms with E-state index < -0.39 is 0 Å². The van der Waals surface area contributed by atoms with Gasteiger partial charge in [-0.2, -0.15) is 0 Å². The fourth-order valence-corrected chi connectivity index (χ4v) is 3.37. The maximum absolute atomic E-state index is 3.39. The van der Waals surface area contributed by atoms with Gasteiger partial charge in [0.15, 0.2) is 0 Å². The zero-order chi connectivity index (χ0) is 13.9. The van der Waals surface area contributed by atoms with Crippen molar-refractivity contribution in [2.75, 3.05) is 7.05 Å². The minimum atomic E-state index is 0.521. The Labute approximate surface area is 122 Å². The molecule has 0 saturated carbocycles. The Morgan fingerprint density at radius 1 is 0.950 bits per heavy atom. The highest BCUT2D eigenvalue weighted by Gasteiger charge is 2.24. The number of rotatable bonds is 3. The molecule has 0 bridgehead atoms. The summed E-state index contributed by atoms with van der Waals surface area (Å²) in [5, 5.41) is 3.39. The molecule has 0 heterocycles. The highest BCUT2D eigenvalue weighted by Crippen LogP contribution is 2.36. The molecule has 0 amide bonds. The second-order valence-electron chi connectivity index (χ2n) is 5.88. The van der Waals surface area contributed by atoms with Gasteiger partial charge in [-0.05, 0) is 55.5 Å². The third-order valence-corrected chi connectivity index (χ3v) is 4.61. The van der Waals surface area contributed by atoms with E-state index in [9.17, 15) is 0 Å². The molecule has 0 radical (unpaired) electrons. The molecule has 0 fully saturated rings. The maximum Gasteiger partial charge on any atom is 0.0109 e. The average Bonchev–Trinajstić information content (AvgIpc) is 2.65. The summed E-state index contributed by atoms with van der Waals surface area (Å²) in [7, 11) is 2.05. The predicted molar refractivity (Wildman–Crippen MR) is 85.3 cm³/mol.